The molecule has 1 N–H and O–H groups in total. The Bertz CT molecular complexity index is 1130. The fourth-order valence-electron chi connectivity index (χ4n) is 3.70. The Kier molecular flexibility index (Phi) is 4.39. The van der Waals surface area contributed by atoms with Gasteiger partial charge in [-0.15, -0.1) is 0 Å². The van der Waals surface area contributed by atoms with Crippen LogP contribution in [0.4, 0.5) is 5.95 Å². The number of hydrogen-bond acceptors (Lipinski definition) is 5. The summed E-state index contributed by atoms with van der Waals surface area (Å²) in [6.45, 7) is 4.04. The maximum absolute atomic E-state index is 4.70. The highest BCUT2D eigenvalue weighted by molar-refractivity contribution is 5.90. The summed E-state index contributed by atoms with van der Waals surface area (Å²) in [7, 11) is 2.15. The molecule has 140 valence electrons. The zero-order valence-electron chi connectivity index (χ0n) is 16.0. The maximum atomic E-state index is 4.70. The first-order chi connectivity index (χ1) is 13.7. The van der Waals surface area contributed by atoms with Crippen molar-refractivity contribution in [1.29, 1.82) is 0 Å². The third-order valence-corrected chi connectivity index (χ3v) is 5.42. The molecule has 0 unspecified atom stereocenters. The average molecular weight is 369 g/mol. The Balaban J connectivity index is 1.41. The first-order valence-electron chi connectivity index (χ1n) is 9.71. The number of benzene rings is 3. The second-order valence-electron chi connectivity index (χ2n) is 7.43. The van der Waals surface area contributed by atoms with Crippen molar-refractivity contribution in [3.63, 3.8) is 0 Å². The minimum absolute atomic E-state index is 0.663. The van der Waals surface area contributed by atoms with Crippen molar-refractivity contribution in [2.45, 2.75) is 0 Å². The van der Waals surface area contributed by atoms with E-state index in [0.717, 1.165) is 37.1 Å². The van der Waals surface area contributed by atoms with E-state index in [-0.39, 0.29) is 0 Å². The number of nitrogens with zero attached hydrogens (tertiary/aromatic N) is 4. The van der Waals surface area contributed by atoms with Gasteiger partial charge in [-0.2, -0.15) is 0 Å². The largest absolute Gasteiger partial charge is 0.304 e. The Morgan fingerprint density at radius 3 is 2.32 bits per heavy atom. The molecule has 3 aromatic carbocycles. The molecule has 0 spiro atoms. The molecule has 0 amide bonds. The summed E-state index contributed by atoms with van der Waals surface area (Å²) in [6.07, 6.45) is 1.91. The number of anilines is 1. The van der Waals surface area contributed by atoms with Crippen molar-refractivity contribution >= 4 is 27.6 Å². The average Bonchev–Trinajstić information content (AvgIpc) is 2.74. The van der Waals surface area contributed by atoms with Crippen LogP contribution in [-0.2, 0) is 0 Å². The lowest BCUT2D eigenvalue weighted by Gasteiger charge is -2.32. The maximum Gasteiger partial charge on any atom is 0.238 e. The Morgan fingerprint density at radius 1 is 0.786 bits per heavy atom. The molecule has 0 atom stereocenters. The van der Waals surface area contributed by atoms with Gasteiger partial charge in [-0.3, -0.25) is 5.43 Å². The molecule has 0 radical (unpaired) electrons. The van der Waals surface area contributed by atoms with E-state index in [4.69, 9.17) is 4.98 Å². The number of fused-ring (bicyclic) bond motifs is 2. The first-order valence-corrected chi connectivity index (χ1v) is 9.71. The van der Waals surface area contributed by atoms with Crippen molar-refractivity contribution in [3.8, 4) is 11.1 Å². The lowest BCUT2D eigenvalue weighted by atomic mass is 10.0. The van der Waals surface area contributed by atoms with Gasteiger partial charge in [0.2, 0.25) is 5.95 Å². The Morgan fingerprint density at radius 2 is 1.50 bits per heavy atom. The van der Waals surface area contributed by atoms with Crippen molar-refractivity contribution in [2.24, 2.45) is 0 Å². The fourth-order valence-corrected chi connectivity index (χ4v) is 3.70. The molecule has 5 rings (SSSR count). The fraction of sp³-hybridized carbons (Fsp3) is 0.217. The lowest BCUT2D eigenvalue weighted by Crippen LogP contribution is -2.47. The highest BCUT2D eigenvalue weighted by atomic mass is 15.5. The van der Waals surface area contributed by atoms with E-state index in [1.807, 2.05) is 6.20 Å². The Hall–Kier alpha value is -3.02. The van der Waals surface area contributed by atoms with E-state index in [1.54, 1.807) is 0 Å². The highest BCUT2D eigenvalue weighted by Gasteiger charge is 2.14. The highest BCUT2D eigenvalue weighted by Crippen LogP contribution is 2.27. The van der Waals surface area contributed by atoms with E-state index in [0.29, 0.717) is 5.95 Å². The van der Waals surface area contributed by atoms with Crippen LogP contribution in [0.2, 0.25) is 0 Å². The zero-order valence-corrected chi connectivity index (χ0v) is 16.0. The minimum Gasteiger partial charge on any atom is -0.304 e. The second-order valence-corrected chi connectivity index (χ2v) is 7.43. The predicted molar refractivity (Wildman–Crippen MR) is 115 cm³/mol. The van der Waals surface area contributed by atoms with Gasteiger partial charge in [0.15, 0.2) is 0 Å². The molecule has 5 heteroatoms. The van der Waals surface area contributed by atoms with Gasteiger partial charge < -0.3 is 4.90 Å². The van der Waals surface area contributed by atoms with Crippen molar-refractivity contribution < 1.29 is 0 Å². The molecule has 1 aromatic heterocycles. The lowest BCUT2D eigenvalue weighted by molar-refractivity contribution is 0.178. The van der Waals surface area contributed by atoms with Gasteiger partial charge in [0.1, 0.15) is 0 Å². The molecule has 0 bridgehead atoms. The van der Waals surface area contributed by atoms with Crippen LogP contribution in [0.1, 0.15) is 0 Å². The summed E-state index contributed by atoms with van der Waals surface area (Å²) in [6, 6.07) is 21.4. The van der Waals surface area contributed by atoms with Gasteiger partial charge in [0.05, 0.1) is 5.52 Å². The third-order valence-electron chi connectivity index (χ3n) is 5.42. The normalized spacial score (nSPS) is 15.9. The van der Waals surface area contributed by atoms with Crippen LogP contribution in [0.25, 0.3) is 32.8 Å². The molecule has 5 nitrogen and oxygen atoms in total. The summed E-state index contributed by atoms with van der Waals surface area (Å²) in [4.78, 5) is 11.5. The number of nitrogens with one attached hydrogen (secondary N) is 1. The molecule has 1 aliphatic rings. The minimum atomic E-state index is 0.663. The first kappa shape index (κ1) is 17.1. The predicted octanol–water partition coefficient (Wildman–Crippen LogP) is 4.02. The molecule has 28 heavy (non-hydrogen) atoms. The molecular weight excluding hydrogens is 346 g/mol. The smallest absolute Gasteiger partial charge is 0.238 e. The SMILES string of the molecule is CN1CCN(Nc2ncc3cc(-c4ccc5ccccc5c4)ccc3n2)CC1. The summed E-state index contributed by atoms with van der Waals surface area (Å²) in [5.41, 5.74) is 6.69. The van der Waals surface area contributed by atoms with Gasteiger partial charge in [-0.25, -0.2) is 15.0 Å². The van der Waals surface area contributed by atoms with Gasteiger partial charge >= 0.3 is 0 Å². The molecule has 0 saturated carbocycles. The van der Waals surface area contributed by atoms with Gasteiger partial charge in [0, 0.05) is 37.8 Å². The quantitative estimate of drug-likeness (QED) is 0.591. The van der Waals surface area contributed by atoms with Crippen molar-refractivity contribution in [3.05, 3.63) is 66.9 Å². The van der Waals surface area contributed by atoms with Gasteiger partial charge in [-0.05, 0) is 47.1 Å². The van der Waals surface area contributed by atoms with Crippen LogP contribution in [0, 0.1) is 0 Å². The number of piperazine rings is 1. The molecule has 1 aliphatic heterocycles. The van der Waals surface area contributed by atoms with E-state index < -0.39 is 0 Å². The van der Waals surface area contributed by atoms with Crippen molar-refractivity contribution in [2.75, 3.05) is 38.7 Å². The van der Waals surface area contributed by atoms with Crippen LogP contribution in [0.3, 0.4) is 0 Å². The van der Waals surface area contributed by atoms with Crippen LogP contribution < -0.4 is 5.43 Å². The van der Waals surface area contributed by atoms with Crippen molar-refractivity contribution in [1.82, 2.24) is 19.9 Å². The van der Waals surface area contributed by atoms with Crippen LogP contribution >= 0.6 is 0 Å². The summed E-state index contributed by atoms with van der Waals surface area (Å²) in [5.74, 6) is 0.663. The number of hydrazine groups is 1. The third kappa shape index (κ3) is 3.42. The van der Waals surface area contributed by atoms with E-state index in [1.165, 1.54) is 21.9 Å². The van der Waals surface area contributed by atoms with Crippen LogP contribution in [0.5, 0.6) is 0 Å². The van der Waals surface area contributed by atoms with E-state index in [9.17, 15) is 0 Å². The molecule has 2 heterocycles. The number of aromatic nitrogens is 2. The topological polar surface area (TPSA) is 44.3 Å². The van der Waals surface area contributed by atoms with Gasteiger partial charge in [-0.1, -0.05) is 42.5 Å². The molecule has 4 aromatic rings. The van der Waals surface area contributed by atoms with Crippen LogP contribution in [0.15, 0.2) is 66.9 Å². The monoisotopic (exact) mass is 369 g/mol. The van der Waals surface area contributed by atoms with Gasteiger partial charge in [0.25, 0.3) is 0 Å². The molecular formula is C23H23N5. The number of likely N-dealkylation sites (N-methyl/N-ethyl adjacent to an activating group) is 1. The zero-order chi connectivity index (χ0) is 18.9. The standard InChI is InChI=1S/C23H23N5/c1-27-10-12-28(13-11-27)26-23-24-16-21-15-20(8-9-22(21)25-23)19-7-6-17-4-2-3-5-18(17)14-19/h2-9,14-16H,10-13H2,1H3,(H,24,25,26). The summed E-state index contributed by atoms with van der Waals surface area (Å²) in [5, 5.41) is 5.75. The number of rotatable bonds is 3. The number of hydrogen-bond donors (Lipinski definition) is 1. The van der Waals surface area contributed by atoms with E-state index in [2.05, 4.69) is 88.0 Å². The summed E-state index contributed by atoms with van der Waals surface area (Å²) >= 11 is 0. The Labute approximate surface area is 164 Å². The summed E-state index contributed by atoms with van der Waals surface area (Å²) < 4.78 is 0. The van der Waals surface area contributed by atoms with Crippen LogP contribution in [-0.4, -0.2) is 53.1 Å². The molecule has 0 aliphatic carbocycles. The molecule has 1 saturated heterocycles. The van der Waals surface area contributed by atoms with E-state index >= 15 is 0 Å². The second kappa shape index (κ2) is 7.19. The molecule has 1 fully saturated rings.